The molecule has 3 rings (SSSR count). The number of rotatable bonds is 6. The molecule has 0 atom stereocenters. The molecule has 0 aromatic heterocycles. The SMILES string of the molecule is CCc1cccc(C)c1NC(=O)CN1CCN(CC(=O)N2CCOCC2)CC1. The van der Waals surface area contributed by atoms with Crippen LogP contribution in [0.3, 0.4) is 0 Å². The lowest BCUT2D eigenvalue weighted by Crippen LogP contribution is -2.52. The molecule has 2 aliphatic rings. The van der Waals surface area contributed by atoms with E-state index < -0.39 is 0 Å². The molecule has 7 nitrogen and oxygen atoms in total. The number of aryl methyl sites for hydroxylation is 2. The molecule has 154 valence electrons. The largest absolute Gasteiger partial charge is 0.378 e. The van der Waals surface area contributed by atoms with Crippen LogP contribution in [0.25, 0.3) is 0 Å². The molecule has 0 aliphatic carbocycles. The Morgan fingerprint density at radius 3 is 2.29 bits per heavy atom. The van der Waals surface area contributed by atoms with E-state index in [4.69, 9.17) is 4.74 Å². The molecule has 1 aromatic rings. The fourth-order valence-corrected chi connectivity index (χ4v) is 3.79. The van der Waals surface area contributed by atoms with Gasteiger partial charge in [-0.1, -0.05) is 25.1 Å². The first-order valence-corrected chi connectivity index (χ1v) is 10.3. The third-order valence-corrected chi connectivity index (χ3v) is 5.56. The van der Waals surface area contributed by atoms with Gasteiger partial charge >= 0.3 is 0 Å². The zero-order valence-corrected chi connectivity index (χ0v) is 17.1. The van der Waals surface area contributed by atoms with Gasteiger partial charge in [0.2, 0.25) is 11.8 Å². The minimum atomic E-state index is 0.0295. The van der Waals surface area contributed by atoms with E-state index in [1.807, 2.05) is 24.0 Å². The van der Waals surface area contributed by atoms with Gasteiger partial charge in [0.15, 0.2) is 0 Å². The molecule has 0 spiro atoms. The highest BCUT2D eigenvalue weighted by atomic mass is 16.5. The molecular weight excluding hydrogens is 356 g/mol. The van der Waals surface area contributed by atoms with Crippen molar-refractivity contribution >= 4 is 17.5 Å². The van der Waals surface area contributed by atoms with Crippen LogP contribution in [0, 0.1) is 6.92 Å². The Morgan fingerprint density at radius 2 is 1.64 bits per heavy atom. The summed E-state index contributed by atoms with van der Waals surface area (Å²) >= 11 is 0. The van der Waals surface area contributed by atoms with Crippen LogP contribution in [-0.2, 0) is 20.7 Å². The minimum absolute atomic E-state index is 0.0295. The van der Waals surface area contributed by atoms with Crippen molar-refractivity contribution in [3.8, 4) is 0 Å². The van der Waals surface area contributed by atoms with E-state index in [0.717, 1.165) is 43.9 Å². The summed E-state index contributed by atoms with van der Waals surface area (Å²) in [6.07, 6.45) is 0.896. The van der Waals surface area contributed by atoms with Gasteiger partial charge in [-0.2, -0.15) is 0 Å². The Bertz CT molecular complexity index is 680. The van der Waals surface area contributed by atoms with Crippen LogP contribution >= 0.6 is 0 Å². The number of anilines is 1. The Morgan fingerprint density at radius 1 is 1.00 bits per heavy atom. The standard InChI is InChI=1S/C21H32N4O3/c1-3-18-6-4-5-17(2)21(18)22-19(26)15-23-7-9-24(10-8-23)16-20(27)25-11-13-28-14-12-25/h4-6H,3,7-16H2,1-2H3,(H,22,26). The van der Waals surface area contributed by atoms with Crippen molar-refractivity contribution in [2.75, 3.05) is 70.9 Å². The second-order valence-corrected chi connectivity index (χ2v) is 7.56. The van der Waals surface area contributed by atoms with Gasteiger partial charge in [-0.3, -0.25) is 19.4 Å². The quantitative estimate of drug-likeness (QED) is 0.787. The third kappa shape index (κ3) is 5.53. The zero-order chi connectivity index (χ0) is 19.9. The number of hydrogen-bond donors (Lipinski definition) is 1. The Hall–Kier alpha value is -1.96. The molecule has 28 heavy (non-hydrogen) atoms. The lowest BCUT2D eigenvalue weighted by molar-refractivity contribution is -0.137. The summed E-state index contributed by atoms with van der Waals surface area (Å²) in [6.45, 7) is 10.9. The summed E-state index contributed by atoms with van der Waals surface area (Å²) in [6, 6.07) is 6.12. The van der Waals surface area contributed by atoms with E-state index in [1.165, 1.54) is 5.56 Å². The molecule has 2 heterocycles. The van der Waals surface area contributed by atoms with Gasteiger partial charge in [-0.05, 0) is 24.5 Å². The van der Waals surface area contributed by atoms with Gasteiger partial charge in [0.1, 0.15) is 0 Å². The molecular formula is C21H32N4O3. The molecule has 1 aromatic carbocycles. The summed E-state index contributed by atoms with van der Waals surface area (Å²) in [5.41, 5.74) is 3.21. The van der Waals surface area contributed by atoms with E-state index in [0.29, 0.717) is 39.4 Å². The first-order valence-electron chi connectivity index (χ1n) is 10.3. The number of carbonyl (C=O) groups is 2. The molecule has 2 aliphatic heterocycles. The highest BCUT2D eigenvalue weighted by Crippen LogP contribution is 2.21. The van der Waals surface area contributed by atoms with Crippen molar-refractivity contribution in [3.05, 3.63) is 29.3 Å². The lowest BCUT2D eigenvalue weighted by atomic mass is 10.1. The van der Waals surface area contributed by atoms with Gasteiger partial charge < -0.3 is 15.0 Å². The molecule has 7 heteroatoms. The van der Waals surface area contributed by atoms with E-state index in [-0.39, 0.29) is 11.8 Å². The minimum Gasteiger partial charge on any atom is -0.378 e. The van der Waals surface area contributed by atoms with Crippen LogP contribution in [-0.4, -0.2) is 92.1 Å². The van der Waals surface area contributed by atoms with Gasteiger partial charge in [-0.15, -0.1) is 0 Å². The van der Waals surface area contributed by atoms with Crippen LogP contribution in [0.15, 0.2) is 18.2 Å². The smallest absolute Gasteiger partial charge is 0.238 e. The predicted octanol–water partition coefficient (Wildman–Crippen LogP) is 0.972. The summed E-state index contributed by atoms with van der Waals surface area (Å²) in [5, 5.41) is 3.10. The Balaban J connectivity index is 1.43. The zero-order valence-electron chi connectivity index (χ0n) is 17.1. The monoisotopic (exact) mass is 388 g/mol. The fourth-order valence-electron chi connectivity index (χ4n) is 3.79. The summed E-state index contributed by atoms with van der Waals surface area (Å²) in [7, 11) is 0. The maximum Gasteiger partial charge on any atom is 0.238 e. The van der Waals surface area contributed by atoms with Crippen molar-refractivity contribution in [2.45, 2.75) is 20.3 Å². The lowest BCUT2D eigenvalue weighted by Gasteiger charge is -2.35. The van der Waals surface area contributed by atoms with Gasteiger partial charge in [0, 0.05) is 45.0 Å². The maximum atomic E-state index is 12.5. The molecule has 2 fully saturated rings. The van der Waals surface area contributed by atoms with Gasteiger partial charge in [0.05, 0.1) is 26.3 Å². The highest BCUT2D eigenvalue weighted by Gasteiger charge is 2.24. The molecule has 0 bridgehead atoms. The fraction of sp³-hybridized carbons (Fsp3) is 0.619. The van der Waals surface area contributed by atoms with E-state index in [2.05, 4.69) is 28.1 Å². The van der Waals surface area contributed by atoms with Crippen LogP contribution in [0.1, 0.15) is 18.1 Å². The topological polar surface area (TPSA) is 65.1 Å². The summed E-state index contributed by atoms with van der Waals surface area (Å²) in [4.78, 5) is 31.1. The predicted molar refractivity (Wildman–Crippen MR) is 109 cm³/mol. The van der Waals surface area contributed by atoms with Crippen LogP contribution in [0.5, 0.6) is 0 Å². The number of hydrogen-bond acceptors (Lipinski definition) is 5. The molecule has 0 radical (unpaired) electrons. The first-order chi connectivity index (χ1) is 13.6. The number of piperazine rings is 1. The summed E-state index contributed by atoms with van der Waals surface area (Å²) < 4.78 is 5.30. The number of amides is 2. The normalized spacial score (nSPS) is 18.9. The van der Waals surface area contributed by atoms with E-state index in [9.17, 15) is 9.59 Å². The number of nitrogens with zero attached hydrogens (tertiary/aromatic N) is 3. The molecule has 2 amide bonds. The number of para-hydroxylation sites is 1. The highest BCUT2D eigenvalue weighted by molar-refractivity contribution is 5.93. The number of morpholine rings is 1. The average Bonchev–Trinajstić information content (AvgIpc) is 2.71. The maximum absolute atomic E-state index is 12.5. The van der Waals surface area contributed by atoms with Crippen LogP contribution < -0.4 is 5.32 Å². The second-order valence-electron chi connectivity index (χ2n) is 7.56. The number of carbonyl (C=O) groups excluding carboxylic acids is 2. The Kier molecular flexibility index (Phi) is 7.42. The number of nitrogens with one attached hydrogen (secondary N) is 1. The van der Waals surface area contributed by atoms with Crippen molar-refractivity contribution in [1.29, 1.82) is 0 Å². The average molecular weight is 389 g/mol. The van der Waals surface area contributed by atoms with Crippen LogP contribution in [0.4, 0.5) is 5.69 Å². The second kappa shape index (κ2) is 10.0. The molecule has 2 saturated heterocycles. The Labute approximate surface area is 167 Å². The van der Waals surface area contributed by atoms with Gasteiger partial charge in [-0.25, -0.2) is 0 Å². The third-order valence-electron chi connectivity index (χ3n) is 5.56. The van der Waals surface area contributed by atoms with Crippen molar-refractivity contribution in [1.82, 2.24) is 14.7 Å². The first kappa shape index (κ1) is 20.8. The van der Waals surface area contributed by atoms with Gasteiger partial charge in [0.25, 0.3) is 0 Å². The van der Waals surface area contributed by atoms with E-state index in [1.54, 1.807) is 0 Å². The van der Waals surface area contributed by atoms with Crippen molar-refractivity contribution in [2.24, 2.45) is 0 Å². The number of ether oxygens (including phenoxy) is 1. The summed E-state index contributed by atoms with van der Waals surface area (Å²) in [5.74, 6) is 0.211. The molecule has 0 unspecified atom stereocenters. The van der Waals surface area contributed by atoms with E-state index >= 15 is 0 Å². The van der Waals surface area contributed by atoms with Crippen molar-refractivity contribution < 1.29 is 14.3 Å². The molecule has 0 saturated carbocycles. The number of benzene rings is 1. The van der Waals surface area contributed by atoms with Crippen LogP contribution in [0.2, 0.25) is 0 Å². The molecule has 1 N–H and O–H groups in total. The van der Waals surface area contributed by atoms with Crippen molar-refractivity contribution in [3.63, 3.8) is 0 Å².